The van der Waals surface area contributed by atoms with E-state index in [2.05, 4.69) is 45.9 Å². The fourth-order valence-electron chi connectivity index (χ4n) is 3.92. The second-order valence-electron chi connectivity index (χ2n) is 7.63. The predicted molar refractivity (Wildman–Crippen MR) is 118 cm³/mol. The van der Waals surface area contributed by atoms with Gasteiger partial charge in [-0.05, 0) is 55.9 Å². The number of pyridine rings is 1. The summed E-state index contributed by atoms with van der Waals surface area (Å²) in [4.78, 5) is 17.7. The van der Waals surface area contributed by atoms with Crippen LogP contribution >= 0.6 is 11.6 Å². The first kappa shape index (κ1) is 18.2. The largest absolute Gasteiger partial charge is 0.369 e. The molecule has 148 valence electrons. The molecule has 29 heavy (non-hydrogen) atoms. The molecule has 0 spiro atoms. The maximum absolute atomic E-state index is 5.99. The van der Waals surface area contributed by atoms with Gasteiger partial charge < -0.3 is 14.8 Å². The van der Waals surface area contributed by atoms with Gasteiger partial charge in [0, 0.05) is 44.3 Å². The number of piperazine rings is 1. The lowest BCUT2D eigenvalue weighted by molar-refractivity contribution is 0.313. The summed E-state index contributed by atoms with van der Waals surface area (Å²) in [7, 11) is 2.18. The topological polar surface area (TPSA) is 53.0 Å². The first-order chi connectivity index (χ1) is 14.1. The SMILES string of the molecule is Cc1cc(N2CCN(C)CC2)cc2[nH]c(-c3cccn3-c3ccc(Cl)cn3)nc12. The highest BCUT2D eigenvalue weighted by atomic mass is 35.5. The van der Waals surface area contributed by atoms with Gasteiger partial charge in [0.05, 0.1) is 21.7 Å². The molecule has 1 aliphatic heterocycles. The number of benzene rings is 1. The van der Waals surface area contributed by atoms with Crippen molar-refractivity contribution in [2.45, 2.75) is 6.92 Å². The third-order valence-corrected chi connectivity index (χ3v) is 5.80. The third kappa shape index (κ3) is 3.39. The molecule has 0 atom stereocenters. The van der Waals surface area contributed by atoms with E-state index in [-0.39, 0.29) is 0 Å². The molecule has 0 radical (unpaired) electrons. The molecular weight excluding hydrogens is 384 g/mol. The van der Waals surface area contributed by atoms with Gasteiger partial charge in [-0.15, -0.1) is 0 Å². The van der Waals surface area contributed by atoms with Crippen LogP contribution < -0.4 is 4.90 Å². The Morgan fingerprint density at radius 3 is 2.66 bits per heavy atom. The number of halogens is 1. The minimum absolute atomic E-state index is 0.623. The van der Waals surface area contributed by atoms with Crippen LogP contribution in [0, 0.1) is 6.92 Å². The number of fused-ring (bicyclic) bond motifs is 1. The molecule has 4 heterocycles. The van der Waals surface area contributed by atoms with Crippen LogP contribution in [0.1, 0.15) is 5.56 Å². The van der Waals surface area contributed by atoms with Crippen LogP contribution in [0.4, 0.5) is 5.69 Å². The van der Waals surface area contributed by atoms with E-state index >= 15 is 0 Å². The average molecular weight is 407 g/mol. The van der Waals surface area contributed by atoms with Crippen molar-refractivity contribution in [3.63, 3.8) is 0 Å². The monoisotopic (exact) mass is 406 g/mol. The molecule has 0 amide bonds. The number of nitrogens with zero attached hydrogens (tertiary/aromatic N) is 5. The third-order valence-electron chi connectivity index (χ3n) is 5.58. The summed E-state index contributed by atoms with van der Waals surface area (Å²) in [6.07, 6.45) is 3.65. The van der Waals surface area contributed by atoms with E-state index in [1.165, 1.54) is 11.3 Å². The molecule has 3 aromatic heterocycles. The van der Waals surface area contributed by atoms with E-state index in [0.717, 1.165) is 54.5 Å². The number of rotatable bonds is 3. The zero-order valence-electron chi connectivity index (χ0n) is 16.6. The van der Waals surface area contributed by atoms with Gasteiger partial charge in [0.25, 0.3) is 0 Å². The molecular formula is C22H23ClN6. The number of aryl methyl sites for hydroxylation is 1. The quantitative estimate of drug-likeness (QED) is 0.555. The number of hydrogen-bond acceptors (Lipinski definition) is 4. The number of anilines is 1. The van der Waals surface area contributed by atoms with E-state index < -0.39 is 0 Å². The summed E-state index contributed by atoms with van der Waals surface area (Å²) >= 11 is 5.99. The van der Waals surface area contributed by atoms with Gasteiger partial charge in [-0.1, -0.05) is 11.6 Å². The summed E-state index contributed by atoms with van der Waals surface area (Å²) in [5.41, 5.74) is 5.48. The summed E-state index contributed by atoms with van der Waals surface area (Å²) in [5.74, 6) is 1.64. The molecule has 0 saturated carbocycles. The molecule has 5 rings (SSSR count). The molecule has 7 heteroatoms. The number of hydrogen-bond donors (Lipinski definition) is 1. The molecule has 4 aromatic rings. The maximum Gasteiger partial charge on any atom is 0.155 e. The second kappa shape index (κ2) is 7.21. The Morgan fingerprint density at radius 1 is 1.07 bits per heavy atom. The Kier molecular flexibility index (Phi) is 4.53. The standard InChI is InChI=1S/C22H23ClN6/c1-15-12-17(28-10-8-27(2)9-11-28)13-18-21(15)26-22(25-18)19-4-3-7-29(19)20-6-5-16(23)14-24-20/h3-7,12-14H,8-11H2,1-2H3,(H,25,26). The van der Waals surface area contributed by atoms with Gasteiger partial charge in [-0.3, -0.25) is 4.57 Å². The number of aromatic amines is 1. The number of aromatic nitrogens is 4. The fraction of sp³-hybridized carbons (Fsp3) is 0.273. The van der Waals surface area contributed by atoms with E-state index in [9.17, 15) is 0 Å². The molecule has 0 aliphatic carbocycles. The van der Waals surface area contributed by atoms with Crippen molar-refractivity contribution in [2.75, 3.05) is 38.1 Å². The molecule has 1 aromatic carbocycles. The molecule has 1 aliphatic rings. The van der Waals surface area contributed by atoms with Crippen LogP contribution in [-0.4, -0.2) is 57.6 Å². The van der Waals surface area contributed by atoms with Gasteiger partial charge >= 0.3 is 0 Å². The van der Waals surface area contributed by atoms with E-state index in [1.807, 2.05) is 35.0 Å². The van der Waals surface area contributed by atoms with E-state index in [1.54, 1.807) is 6.20 Å². The molecule has 1 saturated heterocycles. The Bertz CT molecular complexity index is 1150. The molecule has 6 nitrogen and oxygen atoms in total. The maximum atomic E-state index is 5.99. The van der Waals surface area contributed by atoms with Crippen LogP contribution in [0.2, 0.25) is 5.02 Å². The van der Waals surface area contributed by atoms with Crippen LogP contribution in [-0.2, 0) is 0 Å². The zero-order chi connectivity index (χ0) is 20.0. The van der Waals surface area contributed by atoms with Crippen molar-refractivity contribution in [1.82, 2.24) is 24.4 Å². The highest BCUT2D eigenvalue weighted by Gasteiger charge is 2.18. The van der Waals surface area contributed by atoms with Crippen LogP contribution in [0.5, 0.6) is 0 Å². The van der Waals surface area contributed by atoms with Crippen molar-refractivity contribution in [2.24, 2.45) is 0 Å². The normalized spacial score (nSPS) is 15.3. The van der Waals surface area contributed by atoms with Gasteiger partial charge in [0.1, 0.15) is 5.82 Å². The number of nitrogens with one attached hydrogen (secondary N) is 1. The first-order valence-electron chi connectivity index (χ1n) is 9.82. The number of likely N-dealkylation sites (N-methyl/N-ethyl adjacent to an activating group) is 1. The van der Waals surface area contributed by atoms with Crippen LogP contribution in [0.3, 0.4) is 0 Å². The molecule has 0 unspecified atom stereocenters. The number of imidazole rings is 1. The highest BCUT2D eigenvalue weighted by Crippen LogP contribution is 2.29. The molecule has 1 fully saturated rings. The minimum atomic E-state index is 0.623. The summed E-state index contributed by atoms with van der Waals surface area (Å²) in [5, 5.41) is 0.623. The summed E-state index contributed by atoms with van der Waals surface area (Å²) in [6, 6.07) is 12.3. The average Bonchev–Trinajstić information content (AvgIpc) is 3.36. The Morgan fingerprint density at radius 2 is 1.90 bits per heavy atom. The van der Waals surface area contributed by atoms with Crippen molar-refractivity contribution in [3.05, 3.63) is 59.4 Å². The lowest BCUT2D eigenvalue weighted by atomic mass is 10.1. The Balaban J connectivity index is 1.54. The smallest absolute Gasteiger partial charge is 0.155 e. The van der Waals surface area contributed by atoms with Gasteiger partial charge in [-0.25, -0.2) is 9.97 Å². The van der Waals surface area contributed by atoms with Gasteiger partial charge in [0.15, 0.2) is 5.82 Å². The zero-order valence-corrected chi connectivity index (χ0v) is 17.3. The van der Waals surface area contributed by atoms with Crippen LogP contribution in [0.25, 0.3) is 28.4 Å². The second-order valence-corrected chi connectivity index (χ2v) is 8.07. The van der Waals surface area contributed by atoms with Crippen molar-refractivity contribution in [1.29, 1.82) is 0 Å². The fourth-order valence-corrected chi connectivity index (χ4v) is 4.04. The van der Waals surface area contributed by atoms with Crippen molar-refractivity contribution in [3.8, 4) is 17.3 Å². The van der Waals surface area contributed by atoms with Crippen molar-refractivity contribution >= 4 is 28.3 Å². The first-order valence-corrected chi connectivity index (χ1v) is 10.2. The summed E-state index contributed by atoms with van der Waals surface area (Å²) < 4.78 is 2.02. The van der Waals surface area contributed by atoms with E-state index in [4.69, 9.17) is 16.6 Å². The predicted octanol–water partition coefficient (Wildman–Crippen LogP) is 4.13. The Hall–Kier alpha value is -2.83. The van der Waals surface area contributed by atoms with E-state index in [0.29, 0.717) is 5.02 Å². The molecule has 0 bridgehead atoms. The number of H-pyrrole nitrogens is 1. The minimum Gasteiger partial charge on any atom is -0.369 e. The Labute approximate surface area is 174 Å². The van der Waals surface area contributed by atoms with Crippen LogP contribution in [0.15, 0.2) is 48.8 Å². The lowest BCUT2D eigenvalue weighted by Gasteiger charge is -2.34. The molecule has 1 N–H and O–H groups in total. The highest BCUT2D eigenvalue weighted by molar-refractivity contribution is 6.30. The van der Waals surface area contributed by atoms with Gasteiger partial charge in [-0.2, -0.15) is 0 Å². The van der Waals surface area contributed by atoms with Gasteiger partial charge in [0.2, 0.25) is 0 Å². The van der Waals surface area contributed by atoms with Crippen molar-refractivity contribution < 1.29 is 0 Å². The summed E-state index contributed by atoms with van der Waals surface area (Å²) in [6.45, 7) is 6.41. The lowest BCUT2D eigenvalue weighted by Crippen LogP contribution is -2.44.